The van der Waals surface area contributed by atoms with Crippen molar-refractivity contribution in [1.29, 1.82) is 0 Å². The van der Waals surface area contributed by atoms with Crippen LogP contribution < -0.4 is 10.5 Å². The largest absolute Gasteiger partial charge is 0.487 e. The molecule has 0 unspecified atom stereocenters. The number of fused-ring (bicyclic) bond motifs is 1. The van der Waals surface area contributed by atoms with Crippen LogP contribution in [0.4, 0.5) is 10.1 Å². The first-order valence-corrected chi connectivity index (χ1v) is 6.24. The van der Waals surface area contributed by atoms with Crippen LogP contribution in [0, 0.1) is 5.82 Å². The zero-order valence-electron chi connectivity index (χ0n) is 10.7. The molecule has 1 aromatic heterocycles. The van der Waals surface area contributed by atoms with Crippen molar-refractivity contribution < 1.29 is 9.13 Å². The van der Waals surface area contributed by atoms with Gasteiger partial charge in [0.2, 0.25) is 0 Å². The monoisotopic (exact) mass is 268 g/mol. The number of nitrogens with two attached hydrogens (primary N) is 1. The van der Waals surface area contributed by atoms with E-state index in [9.17, 15) is 4.39 Å². The minimum atomic E-state index is -0.261. The predicted molar refractivity (Wildman–Crippen MR) is 76.9 cm³/mol. The normalized spacial score (nSPS) is 10.7. The van der Waals surface area contributed by atoms with E-state index in [0.29, 0.717) is 18.0 Å². The molecule has 0 aliphatic rings. The number of nitrogens with zero attached hydrogens (tertiary/aromatic N) is 1. The van der Waals surface area contributed by atoms with Crippen LogP contribution in [0.5, 0.6) is 5.75 Å². The molecule has 0 aliphatic carbocycles. The van der Waals surface area contributed by atoms with Gasteiger partial charge in [0.05, 0.1) is 11.2 Å². The standard InChI is InChI=1S/C16H13FN2O/c17-12-5-7-16-11(8-12)4-6-14(19-16)10-20-15-3-1-2-13(18)9-15/h1-9H,10,18H2. The Hall–Kier alpha value is -2.62. The number of pyridine rings is 1. The summed E-state index contributed by atoms with van der Waals surface area (Å²) in [6.07, 6.45) is 0. The fourth-order valence-corrected chi connectivity index (χ4v) is 1.98. The molecule has 0 atom stereocenters. The van der Waals surface area contributed by atoms with Gasteiger partial charge < -0.3 is 10.5 Å². The highest BCUT2D eigenvalue weighted by atomic mass is 19.1. The molecule has 0 bridgehead atoms. The second-order valence-corrected chi connectivity index (χ2v) is 4.50. The molecule has 0 fully saturated rings. The lowest BCUT2D eigenvalue weighted by atomic mass is 10.2. The minimum Gasteiger partial charge on any atom is -0.487 e. The van der Waals surface area contributed by atoms with Crippen LogP contribution in [0.15, 0.2) is 54.6 Å². The molecule has 2 aromatic carbocycles. The molecule has 0 amide bonds. The summed E-state index contributed by atoms with van der Waals surface area (Å²) in [5.41, 5.74) is 7.88. The van der Waals surface area contributed by atoms with Crippen LogP contribution in [0.2, 0.25) is 0 Å². The molecule has 0 aliphatic heterocycles. The molecule has 3 nitrogen and oxygen atoms in total. The molecule has 0 saturated heterocycles. The zero-order valence-corrected chi connectivity index (χ0v) is 10.7. The van der Waals surface area contributed by atoms with Gasteiger partial charge in [-0.25, -0.2) is 9.37 Å². The van der Waals surface area contributed by atoms with Gasteiger partial charge in [-0.1, -0.05) is 12.1 Å². The number of hydrogen-bond donors (Lipinski definition) is 1. The number of ether oxygens (including phenoxy) is 1. The van der Waals surface area contributed by atoms with Crippen molar-refractivity contribution in [3.63, 3.8) is 0 Å². The SMILES string of the molecule is Nc1cccc(OCc2ccc3cc(F)ccc3n2)c1. The molecule has 3 rings (SSSR count). The molecule has 4 heteroatoms. The third kappa shape index (κ3) is 2.69. The van der Waals surface area contributed by atoms with E-state index in [4.69, 9.17) is 10.5 Å². The minimum absolute atomic E-state index is 0.261. The van der Waals surface area contributed by atoms with E-state index in [-0.39, 0.29) is 5.82 Å². The highest BCUT2D eigenvalue weighted by Crippen LogP contribution is 2.18. The summed E-state index contributed by atoms with van der Waals surface area (Å²) in [4.78, 5) is 4.43. The average molecular weight is 268 g/mol. The van der Waals surface area contributed by atoms with Gasteiger partial charge in [-0.05, 0) is 36.4 Å². The smallest absolute Gasteiger partial charge is 0.130 e. The van der Waals surface area contributed by atoms with Crippen LogP contribution in [0.25, 0.3) is 10.9 Å². The van der Waals surface area contributed by atoms with E-state index in [2.05, 4.69) is 4.98 Å². The summed E-state index contributed by atoms with van der Waals surface area (Å²) < 4.78 is 18.7. The Bertz CT molecular complexity index is 758. The highest BCUT2D eigenvalue weighted by Gasteiger charge is 2.01. The maximum atomic E-state index is 13.1. The van der Waals surface area contributed by atoms with Gasteiger partial charge in [0.25, 0.3) is 0 Å². The molecular weight excluding hydrogens is 255 g/mol. The Morgan fingerprint density at radius 3 is 2.80 bits per heavy atom. The number of anilines is 1. The Balaban J connectivity index is 1.79. The maximum Gasteiger partial charge on any atom is 0.130 e. The van der Waals surface area contributed by atoms with E-state index in [1.807, 2.05) is 24.3 Å². The number of hydrogen-bond acceptors (Lipinski definition) is 3. The highest BCUT2D eigenvalue weighted by molar-refractivity contribution is 5.78. The van der Waals surface area contributed by atoms with Crippen LogP contribution >= 0.6 is 0 Å². The lowest BCUT2D eigenvalue weighted by Crippen LogP contribution is -1.99. The Kier molecular flexibility index (Phi) is 3.21. The van der Waals surface area contributed by atoms with E-state index >= 15 is 0 Å². The molecule has 1 heterocycles. The summed E-state index contributed by atoms with van der Waals surface area (Å²) in [6, 6.07) is 15.4. The Labute approximate surface area is 115 Å². The fraction of sp³-hybridized carbons (Fsp3) is 0.0625. The number of nitrogen functional groups attached to an aromatic ring is 1. The summed E-state index contributed by atoms with van der Waals surface area (Å²) in [5, 5.41) is 0.776. The third-order valence-corrected chi connectivity index (χ3v) is 2.95. The van der Waals surface area contributed by atoms with Crippen molar-refractivity contribution in [2.75, 3.05) is 5.73 Å². The lowest BCUT2D eigenvalue weighted by Gasteiger charge is -2.07. The van der Waals surface area contributed by atoms with Crippen LogP contribution in [-0.2, 0) is 6.61 Å². The molecule has 2 N–H and O–H groups in total. The first-order valence-electron chi connectivity index (χ1n) is 6.24. The van der Waals surface area contributed by atoms with Gasteiger partial charge in [-0.3, -0.25) is 0 Å². The quantitative estimate of drug-likeness (QED) is 0.739. The molecule has 0 saturated carbocycles. The van der Waals surface area contributed by atoms with Gasteiger partial charge in [0, 0.05) is 17.1 Å². The Morgan fingerprint density at radius 1 is 1.05 bits per heavy atom. The van der Waals surface area contributed by atoms with Gasteiger partial charge in [0.1, 0.15) is 18.2 Å². The lowest BCUT2D eigenvalue weighted by molar-refractivity contribution is 0.302. The maximum absolute atomic E-state index is 13.1. The van der Waals surface area contributed by atoms with Crippen LogP contribution in [0.3, 0.4) is 0 Å². The molecular formula is C16H13FN2O. The second kappa shape index (κ2) is 5.17. The number of benzene rings is 2. The van der Waals surface area contributed by atoms with E-state index in [0.717, 1.165) is 16.6 Å². The van der Waals surface area contributed by atoms with Crippen molar-refractivity contribution in [1.82, 2.24) is 4.98 Å². The molecule has 100 valence electrons. The zero-order chi connectivity index (χ0) is 13.9. The molecule has 0 radical (unpaired) electrons. The number of halogens is 1. The van der Waals surface area contributed by atoms with Crippen molar-refractivity contribution in [2.45, 2.75) is 6.61 Å². The van der Waals surface area contributed by atoms with E-state index in [1.54, 1.807) is 18.2 Å². The summed E-state index contributed by atoms with van der Waals surface area (Å²) in [6.45, 7) is 0.344. The van der Waals surface area contributed by atoms with Crippen LogP contribution in [-0.4, -0.2) is 4.98 Å². The molecule has 20 heavy (non-hydrogen) atoms. The van der Waals surface area contributed by atoms with Gasteiger partial charge in [-0.15, -0.1) is 0 Å². The Morgan fingerprint density at radius 2 is 1.95 bits per heavy atom. The topological polar surface area (TPSA) is 48.1 Å². The summed E-state index contributed by atoms with van der Waals surface area (Å²) >= 11 is 0. The fourth-order valence-electron chi connectivity index (χ4n) is 1.98. The first kappa shape index (κ1) is 12.4. The third-order valence-electron chi connectivity index (χ3n) is 2.95. The average Bonchev–Trinajstić information content (AvgIpc) is 2.45. The van der Waals surface area contributed by atoms with Crippen LogP contribution in [0.1, 0.15) is 5.69 Å². The molecule has 3 aromatic rings. The van der Waals surface area contributed by atoms with Crippen molar-refractivity contribution in [2.24, 2.45) is 0 Å². The van der Waals surface area contributed by atoms with E-state index < -0.39 is 0 Å². The molecule has 0 spiro atoms. The second-order valence-electron chi connectivity index (χ2n) is 4.50. The number of aromatic nitrogens is 1. The van der Waals surface area contributed by atoms with Crippen molar-refractivity contribution in [3.8, 4) is 5.75 Å². The first-order chi connectivity index (χ1) is 9.70. The van der Waals surface area contributed by atoms with Crippen molar-refractivity contribution >= 4 is 16.6 Å². The van der Waals surface area contributed by atoms with Crippen molar-refractivity contribution in [3.05, 3.63) is 66.1 Å². The van der Waals surface area contributed by atoms with Gasteiger partial charge in [0.15, 0.2) is 0 Å². The summed E-state index contributed by atoms with van der Waals surface area (Å²) in [7, 11) is 0. The number of rotatable bonds is 3. The predicted octanol–water partition coefficient (Wildman–Crippen LogP) is 3.54. The van der Waals surface area contributed by atoms with Gasteiger partial charge >= 0.3 is 0 Å². The van der Waals surface area contributed by atoms with E-state index in [1.165, 1.54) is 12.1 Å². The van der Waals surface area contributed by atoms with Gasteiger partial charge in [-0.2, -0.15) is 0 Å². The summed E-state index contributed by atoms with van der Waals surface area (Å²) in [5.74, 6) is 0.439.